The maximum atomic E-state index is 12.6. The highest BCUT2D eigenvalue weighted by molar-refractivity contribution is 7.14. The molecule has 1 atom stereocenters. The van der Waals surface area contributed by atoms with Crippen LogP contribution in [0, 0.1) is 0 Å². The van der Waals surface area contributed by atoms with E-state index in [1.165, 1.54) is 11.3 Å². The molecule has 1 saturated carbocycles. The second-order valence-electron chi connectivity index (χ2n) is 8.77. The summed E-state index contributed by atoms with van der Waals surface area (Å²) in [5.41, 5.74) is 3.49. The Labute approximate surface area is 203 Å². The SMILES string of the molecule is O=C(NC1CC1)c1ccc(-c2csc(NC[C@@H]3CCCN3C(=O)OCc3ccccc3)n2)cc1. The van der Waals surface area contributed by atoms with Gasteiger partial charge in [-0.05, 0) is 43.4 Å². The molecule has 176 valence electrons. The molecule has 1 aliphatic carbocycles. The Bertz CT molecular complexity index is 1130. The van der Waals surface area contributed by atoms with Crippen LogP contribution in [0.15, 0.2) is 60.0 Å². The highest BCUT2D eigenvalue weighted by Crippen LogP contribution is 2.27. The molecule has 0 spiro atoms. The number of carbonyl (C=O) groups excluding carboxylic acids is 2. The number of thiazole rings is 1. The third-order valence-corrected chi connectivity index (χ3v) is 6.97. The molecule has 0 radical (unpaired) electrons. The summed E-state index contributed by atoms with van der Waals surface area (Å²) in [4.78, 5) is 31.3. The monoisotopic (exact) mass is 476 g/mol. The Morgan fingerprint density at radius 3 is 2.62 bits per heavy atom. The minimum absolute atomic E-state index is 0.0157. The Hall–Kier alpha value is -3.39. The van der Waals surface area contributed by atoms with E-state index in [1.54, 1.807) is 0 Å². The van der Waals surface area contributed by atoms with E-state index in [4.69, 9.17) is 9.72 Å². The van der Waals surface area contributed by atoms with Crippen LogP contribution in [0.4, 0.5) is 9.93 Å². The number of rotatable bonds is 8. The van der Waals surface area contributed by atoms with Gasteiger partial charge in [-0.1, -0.05) is 42.5 Å². The minimum Gasteiger partial charge on any atom is -0.445 e. The zero-order chi connectivity index (χ0) is 23.3. The van der Waals surface area contributed by atoms with Gasteiger partial charge in [-0.25, -0.2) is 9.78 Å². The van der Waals surface area contributed by atoms with Crippen LogP contribution in [0.5, 0.6) is 0 Å². The zero-order valence-electron chi connectivity index (χ0n) is 18.9. The molecular weight excluding hydrogens is 448 g/mol. The molecule has 2 aliphatic rings. The topological polar surface area (TPSA) is 83.6 Å². The van der Waals surface area contributed by atoms with Gasteiger partial charge in [-0.15, -0.1) is 11.3 Å². The van der Waals surface area contributed by atoms with Crippen LogP contribution in [0.25, 0.3) is 11.3 Å². The van der Waals surface area contributed by atoms with Gasteiger partial charge in [-0.2, -0.15) is 0 Å². The number of hydrogen-bond donors (Lipinski definition) is 2. The molecule has 8 heteroatoms. The largest absolute Gasteiger partial charge is 0.445 e. The Morgan fingerprint density at radius 2 is 1.85 bits per heavy atom. The summed E-state index contributed by atoms with van der Waals surface area (Å²) in [6, 6.07) is 17.7. The summed E-state index contributed by atoms with van der Waals surface area (Å²) in [6.45, 7) is 1.63. The summed E-state index contributed by atoms with van der Waals surface area (Å²) >= 11 is 1.54. The van der Waals surface area contributed by atoms with Crippen LogP contribution in [0.2, 0.25) is 0 Å². The molecule has 5 rings (SSSR count). The molecule has 0 unspecified atom stereocenters. The fourth-order valence-corrected chi connectivity index (χ4v) is 4.80. The first-order chi connectivity index (χ1) is 16.7. The highest BCUT2D eigenvalue weighted by atomic mass is 32.1. The lowest BCUT2D eigenvalue weighted by Crippen LogP contribution is -2.39. The van der Waals surface area contributed by atoms with Crippen LogP contribution in [0.1, 0.15) is 41.6 Å². The Balaban J connectivity index is 1.13. The van der Waals surface area contributed by atoms with Gasteiger partial charge in [0.05, 0.1) is 11.7 Å². The van der Waals surface area contributed by atoms with Gasteiger partial charge < -0.3 is 20.3 Å². The van der Waals surface area contributed by atoms with Crippen LogP contribution in [-0.2, 0) is 11.3 Å². The number of amides is 2. The first-order valence-corrected chi connectivity index (χ1v) is 12.6. The number of hydrogen-bond acceptors (Lipinski definition) is 6. The zero-order valence-corrected chi connectivity index (χ0v) is 19.7. The predicted octanol–water partition coefficient (Wildman–Crippen LogP) is 4.92. The summed E-state index contributed by atoms with van der Waals surface area (Å²) in [5.74, 6) is -0.0157. The first kappa shape index (κ1) is 22.4. The van der Waals surface area contributed by atoms with Crippen LogP contribution < -0.4 is 10.6 Å². The number of nitrogens with zero attached hydrogens (tertiary/aromatic N) is 2. The van der Waals surface area contributed by atoms with Gasteiger partial charge in [0, 0.05) is 35.6 Å². The molecule has 2 heterocycles. The molecule has 2 N–H and O–H groups in total. The summed E-state index contributed by atoms with van der Waals surface area (Å²) in [7, 11) is 0. The highest BCUT2D eigenvalue weighted by Gasteiger charge is 2.30. The molecule has 0 bridgehead atoms. The van der Waals surface area contributed by atoms with E-state index in [0.29, 0.717) is 24.7 Å². The quantitative estimate of drug-likeness (QED) is 0.482. The average molecular weight is 477 g/mol. The molecule has 1 aromatic heterocycles. The maximum absolute atomic E-state index is 12.6. The standard InChI is InChI=1S/C26H28N4O3S/c31-24(28-21-12-13-21)20-10-8-19(9-11-20)23-17-34-25(29-23)27-15-22-7-4-14-30(22)26(32)33-16-18-5-2-1-3-6-18/h1-3,5-6,8-11,17,21-22H,4,7,12-16H2,(H,27,29)(H,28,31)/t22-/m0/s1. The molecule has 7 nitrogen and oxygen atoms in total. The van der Waals surface area contributed by atoms with Gasteiger partial charge in [-0.3, -0.25) is 4.79 Å². The Kier molecular flexibility index (Phi) is 6.76. The minimum atomic E-state index is -0.265. The molecule has 34 heavy (non-hydrogen) atoms. The second-order valence-corrected chi connectivity index (χ2v) is 9.63. The van der Waals surface area contributed by atoms with E-state index in [2.05, 4.69) is 10.6 Å². The number of benzene rings is 2. The van der Waals surface area contributed by atoms with Crippen LogP contribution in [-0.4, -0.2) is 47.1 Å². The van der Waals surface area contributed by atoms with Crippen LogP contribution >= 0.6 is 11.3 Å². The first-order valence-electron chi connectivity index (χ1n) is 11.7. The molecular formula is C26H28N4O3S. The second kappa shape index (κ2) is 10.3. The van der Waals surface area contributed by atoms with Gasteiger partial charge in [0.1, 0.15) is 6.61 Å². The number of nitrogens with one attached hydrogen (secondary N) is 2. The maximum Gasteiger partial charge on any atom is 0.410 e. The lowest BCUT2D eigenvalue weighted by molar-refractivity contribution is 0.0933. The molecule has 2 fully saturated rings. The van der Waals surface area contributed by atoms with Crippen molar-refractivity contribution in [3.8, 4) is 11.3 Å². The van der Waals surface area contributed by atoms with Crippen molar-refractivity contribution in [1.82, 2.24) is 15.2 Å². The summed E-state index contributed by atoms with van der Waals surface area (Å²) < 4.78 is 5.52. The molecule has 3 aromatic rings. The number of carbonyl (C=O) groups is 2. The number of aromatic nitrogens is 1. The van der Waals surface area contributed by atoms with E-state index in [9.17, 15) is 9.59 Å². The van der Waals surface area contributed by atoms with Crippen LogP contribution in [0.3, 0.4) is 0 Å². The van der Waals surface area contributed by atoms with Crippen molar-refractivity contribution in [1.29, 1.82) is 0 Å². The lowest BCUT2D eigenvalue weighted by Gasteiger charge is -2.24. The predicted molar refractivity (Wildman–Crippen MR) is 133 cm³/mol. The third-order valence-electron chi connectivity index (χ3n) is 6.17. The fourth-order valence-electron chi connectivity index (χ4n) is 4.07. The molecule has 2 amide bonds. The third kappa shape index (κ3) is 5.56. The molecule has 1 aliphatic heterocycles. The normalized spacial score (nSPS) is 17.4. The van der Waals surface area contributed by atoms with Gasteiger partial charge in [0.25, 0.3) is 5.91 Å². The van der Waals surface area contributed by atoms with Gasteiger partial charge >= 0.3 is 6.09 Å². The van der Waals surface area contributed by atoms with E-state index < -0.39 is 0 Å². The van der Waals surface area contributed by atoms with E-state index in [-0.39, 0.29) is 24.6 Å². The van der Waals surface area contributed by atoms with Gasteiger partial charge in [0.2, 0.25) is 0 Å². The van der Waals surface area contributed by atoms with Crippen molar-refractivity contribution in [2.24, 2.45) is 0 Å². The number of anilines is 1. The van der Waals surface area contributed by atoms with E-state index >= 15 is 0 Å². The lowest BCUT2D eigenvalue weighted by atomic mass is 10.1. The van der Waals surface area contributed by atoms with Crippen molar-refractivity contribution in [2.75, 3.05) is 18.4 Å². The molecule has 1 saturated heterocycles. The number of likely N-dealkylation sites (tertiary alicyclic amines) is 1. The summed E-state index contributed by atoms with van der Waals surface area (Å²) in [6.07, 6.45) is 3.79. The number of ether oxygens (including phenoxy) is 1. The van der Waals surface area contributed by atoms with Crippen molar-refractivity contribution in [3.05, 3.63) is 71.1 Å². The van der Waals surface area contributed by atoms with Crippen molar-refractivity contribution in [3.63, 3.8) is 0 Å². The van der Waals surface area contributed by atoms with Gasteiger partial charge in [0.15, 0.2) is 5.13 Å². The Morgan fingerprint density at radius 1 is 1.06 bits per heavy atom. The smallest absolute Gasteiger partial charge is 0.410 e. The average Bonchev–Trinajstić information content (AvgIpc) is 3.35. The summed E-state index contributed by atoms with van der Waals surface area (Å²) in [5, 5.41) is 9.21. The fraction of sp³-hybridized carbons (Fsp3) is 0.346. The van der Waals surface area contributed by atoms with Crippen molar-refractivity contribution in [2.45, 2.75) is 44.4 Å². The van der Waals surface area contributed by atoms with Crippen molar-refractivity contribution < 1.29 is 14.3 Å². The van der Waals surface area contributed by atoms with E-state index in [0.717, 1.165) is 47.6 Å². The van der Waals surface area contributed by atoms with Crippen molar-refractivity contribution >= 4 is 28.5 Å². The van der Waals surface area contributed by atoms with E-state index in [1.807, 2.05) is 64.9 Å². The molecule has 2 aromatic carbocycles.